The maximum atomic E-state index is 8.91. The van der Waals surface area contributed by atoms with Gasteiger partial charge in [-0.25, -0.2) is 0 Å². The van der Waals surface area contributed by atoms with Gasteiger partial charge in [-0.3, -0.25) is 0 Å². The first-order valence-electron chi connectivity index (χ1n) is 3.11. The molecule has 0 saturated carbocycles. The van der Waals surface area contributed by atoms with E-state index in [-0.39, 0.29) is 6.10 Å². The summed E-state index contributed by atoms with van der Waals surface area (Å²) in [7, 11) is 0. The van der Waals surface area contributed by atoms with Crippen molar-refractivity contribution in [3.05, 3.63) is 23.1 Å². The molecule has 1 rings (SSSR count). The van der Waals surface area contributed by atoms with E-state index in [4.69, 9.17) is 21.1 Å². The Labute approximate surface area is 64.4 Å². The highest BCUT2D eigenvalue weighted by molar-refractivity contribution is 6.28. The van der Waals surface area contributed by atoms with Crippen LogP contribution < -0.4 is 0 Å². The average Bonchev–Trinajstić information content (AvgIpc) is 2.13. The predicted octanol–water partition coefficient (Wildman–Crippen LogP) is 1.86. The summed E-state index contributed by atoms with van der Waals surface area (Å²) in [6.45, 7) is 1.70. The summed E-state index contributed by atoms with van der Waals surface area (Å²) in [5.41, 5.74) is 0. The second-order valence-electron chi connectivity index (χ2n) is 2.26. The van der Waals surface area contributed by atoms with Crippen LogP contribution in [-0.4, -0.2) is 11.2 Å². The molecule has 1 aromatic rings. The summed E-state index contributed by atoms with van der Waals surface area (Å²) >= 11 is 5.50. The summed E-state index contributed by atoms with van der Waals surface area (Å²) in [4.78, 5) is 0. The topological polar surface area (TPSA) is 33.4 Å². The number of rotatable bonds is 2. The molecule has 3 heteroatoms. The van der Waals surface area contributed by atoms with Crippen molar-refractivity contribution in [3.63, 3.8) is 0 Å². The molecule has 0 aliphatic rings. The highest BCUT2D eigenvalue weighted by Crippen LogP contribution is 2.14. The fraction of sp³-hybridized carbons (Fsp3) is 0.429. The number of hydrogen-bond acceptors (Lipinski definition) is 2. The normalized spacial score (nSPS) is 13.5. The molecule has 10 heavy (non-hydrogen) atoms. The lowest BCUT2D eigenvalue weighted by atomic mass is 10.2. The predicted molar refractivity (Wildman–Crippen MR) is 39.1 cm³/mol. The molecule has 1 aromatic heterocycles. The maximum Gasteiger partial charge on any atom is 0.193 e. The van der Waals surface area contributed by atoms with Crippen LogP contribution >= 0.6 is 11.6 Å². The van der Waals surface area contributed by atoms with Crippen molar-refractivity contribution in [2.24, 2.45) is 0 Å². The van der Waals surface area contributed by atoms with Gasteiger partial charge in [-0.1, -0.05) is 0 Å². The molecule has 0 aliphatic carbocycles. The van der Waals surface area contributed by atoms with E-state index in [0.29, 0.717) is 11.6 Å². The Balaban J connectivity index is 2.58. The number of hydrogen-bond donors (Lipinski definition) is 1. The van der Waals surface area contributed by atoms with Gasteiger partial charge in [0.25, 0.3) is 0 Å². The minimum absolute atomic E-state index is 0.371. The standard InChI is InChI=1S/C7H9ClO2/c1-5(9)4-6-2-3-7(8)10-6/h2-3,5,9H,4H2,1H3. The second-order valence-corrected chi connectivity index (χ2v) is 2.63. The van der Waals surface area contributed by atoms with Crippen molar-refractivity contribution in [2.75, 3.05) is 0 Å². The lowest BCUT2D eigenvalue weighted by molar-refractivity contribution is 0.187. The Morgan fingerprint density at radius 2 is 2.40 bits per heavy atom. The summed E-state index contributed by atoms with van der Waals surface area (Å²) in [5, 5.41) is 9.28. The number of halogens is 1. The van der Waals surface area contributed by atoms with Crippen LogP contribution in [0.1, 0.15) is 12.7 Å². The average molecular weight is 161 g/mol. The monoisotopic (exact) mass is 160 g/mol. The van der Waals surface area contributed by atoms with Crippen LogP contribution in [0.5, 0.6) is 0 Å². The molecule has 0 bridgehead atoms. The molecule has 0 fully saturated rings. The third-order valence-electron chi connectivity index (χ3n) is 1.13. The van der Waals surface area contributed by atoms with Crippen LogP contribution in [0.15, 0.2) is 16.5 Å². The Bertz CT molecular complexity index is 205. The Hall–Kier alpha value is -0.470. The Morgan fingerprint density at radius 1 is 1.70 bits per heavy atom. The van der Waals surface area contributed by atoms with Gasteiger partial charge in [0.1, 0.15) is 5.76 Å². The van der Waals surface area contributed by atoms with Crippen molar-refractivity contribution in [1.82, 2.24) is 0 Å². The molecular formula is C7H9ClO2. The Kier molecular flexibility index (Phi) is 2.35. The minimum atomic E-state index is -0.373. The fourth-order valence-electron chi connectivity index (χ4n) is 0.753. The van der Waals surface area contributed by atoms with Gasteiger partial charge in [-0.15, -0.1) is 0 Å². The number of aliphatic hydroxyl groups excluding tert-OH is 1. The third-order valence-corrected chi connectivity index (χ3v) is 1.33. The third kappa shape index (κ3) is 2.05. The fourth-order valence-corrected chi connectivity index (χ4v) is 0.915. The molecule has 1 atom stereocenters. The van der Waals surface area contributed by atoms with E-state index >= 15 is 0 Å². The van der Waals surface area contributed by atoms with E-state index in [9.17, 15) is 0 Å². The molecule has 56 valence electrons. The Morgan fingerprint density at radius 3 is 2.80 bits per heavy atom. The van der Waals surface area contributed by atoms with Gasteiger partial charge < -0.3 is 9.52 Å². The van der Waals surface area contributed by atoms with E-state index in [2.05, 4.69) is 0 Å². The second kappa shape index (κ2) is 3.08. The largest absolute Gasteiger partial charge is 0.450 e. The minimum Gasteiger partial charge on any atom is -0.450 e. The molecule has 0 amide bonds. The van der Waals surface area contributed by atoms with E-state index in [0.717, 1.165) is 5.76 Å². The van der Waals surface area contributed by atoms with E-state index < -0.39 is 0 Å². The molecule has 2 nitrogen and oxygen atoms in total. The van der Waals surface area contributed by atoms with Crippen molar-refractivity contribution in [2.45, 2.75) is 19.4 Å². The van der Waals surface area contributed by atoms with E-state index in [1.165, 1.54) is 0 Å². The van der Waals surface area contributed by atoms with Crippen LogP contribution in [0, 0.1) is 0 Å². The highest BCUT2D eigenvalue weighted by atomic mass is 35.5. The molecule has 0 spiro atoms. The van der Waals surface area contributed by atoms with Crippen LogP contribution in [0.4, 0.5) is 0 Å². The van der Waals surface area contributed by atoms with Gasteiger partial charge in [-0.05, 0) is 30.7 Å². The summed E-state index contributed by atoms with van der Waals surface area (Å²) in [6.07, 6.45) is 0.148. The van der Waals surface area contributed by atoms with E-state index in [1.807, 2.05) is 0 Å². The van der Waals surface area contributed by atoms with Crippen LogP contribution in [-0.2, 0) is 6.42 Å². The zero-order chi connectivity index (χ0) is 7.56. The summed E-state index contributed by atoms with van der Waals surface area (Å²) < 4.78 is 5.00. The smallest absolute Gasteiger partial charge is 0.193 e. The molecular weight excluding hydrogens is 152 g/mol. The zero-order valence-electron chi connectivity index (χ0n) is 5.67. The molecule has 1 N–H and O–H groups in total. The SMILES string of the molecule is CC(O)Cc1ccc(Cl)o1. The molecule has 0 aromatic carbocycles. The van der Waals surface area contributed by atoms with Gasteiger partial charge in [-0.2, -0.15) is 0 Å². The van der Waals surface area contributed by atoms with Crippen molar-refractivity contribution in [1.29, 1.82) is 0 Å². The van der Waals surface area contributed by atoms with Crippen molar-refractivity contribution < 1.29 is 9.52 Å². The van der Waals surface area contributed by atoms with E-state index in [1.54, 1.807) is 19.1 Å². The first-order valence-corrected chi connectivity index (χ1v) is 3.48. The lowest BCUT2D eigenvalue weighted by Crippen LogP contribution is -2.02. The van der Waals surface area contributed by atoms with Gasteiger partial charge >= 0.3 is 0 Å². The molecule has 0 aliphatic heterocycles. The van der Waals surface area contributed by atoms with Crippen molar-refractivity contribution in [3.8, 4) is 0 Å². The lowest BCUT2D eigenvalue weighted by Gasteiger charge is -1.97. The van der Waals surface area contributed by atoms with Crippen LogP contribution in [0.25, 0.3) is 0 Å². The van der Waals surface area contributed by atoms with Gasteiger partial charge in [0.05, 0.1) is 6.10 Å². The van der Waals surface area contributed by atoms with Crippen molar-refractivity contribution >= 4 is 11.6 Å². The first-order chi connectivity index (χ1) is 4.68. The zero-order valence-corrected chi connectivity index (χ0v) is 6.43. The van der Waals surface area contributed by atoms with Gasteiger partial charge in [0.2, 0.25) is 0 Å². The number of furan rings is 1. The quantitative estimate of drug-likeness (QED) is 0.717. The summed E-state index contributed by atoms with van der Waals surface area (Å²) in [5.74, 6) is 0.722. The molecule has 0 radical (unpaired) electrons. The summed E-state index contributed by atoms with van der Waals surface area (Å²) in [6, 6.07) is 3.42. The van der Waals surface area contributed by atoms with Gasteiger partial charge in [0, 0.05) is 6.42 Å². The molecule has 0 saturated heterocycles. The van der Waals surface area contributed by atoms with Gasteiger partial charge in [0.15, 0.2) is 5.22 Å². The molecule has 1 unspecified atom stereocenters. The van der Waals surface area contributed by atoms with Crippen LogP contribution in [0.2, 0.25) is 5.22 Å². The first kappa shape index (κ1) is 7.63. The highest BCUT2D eigenvalue weighted by Gasteiger charge is 2.02. The number of aliphatic hydroxyl groups is 1. The molecule has 1 heterocycles. The maximum absolute atomic E-state index is 8.91. The van der Waals surface area contributed by atoms with Crippen LogP contribution in [0.3, 0.4) is 0 Å².